The molecule has 1 N–H and O–H groups in total. The number of rotatable bonds is 9. The maximum Gasteiger partial charge on any atom is 0.123 e. The lowest BCUT2D eigenvalue weighted by atomic mass is 9.96. The predicted octanol–water partition coefficient (Wildman–Crippen LogP) is 5.15. The van der Waals surface area contributed by atoms with Gasteiger partial charge < -0.3 is 5.32 Å². The van der Waals surface area contributed by atoms with Crippen molar-refractivity contribution in [3.05, 3.63) is 35.1 Å². The van der Waals surface area contributed by atoms with E-state index in [1.54, 1.807) is 12.1 Å². The van der Waals surface area contributed by atoms with Crippen LogP contribution in [0.3, 0.4) is 0 Å². The Kier molecular flexibility index (Phi) is 7.73. The molecule has 1 aromatic carbocycles. The summed E-state index contributed by atoms with van der Waals surface area (Å²) in [6.07, 6.45) is 9.03. The third kappa shape index (κ3) is 5.73. The van der Waals surface area contributed by atoms with E-state index in [2.05, 4.69) is 12.2 Å². The van der Waals surface area contributed by atoms with Crippen LogP contribution in [-0.4, -0.2) is 7.05 Å². The van der Waals surface area contributed by atoms with Crippen LogP contribution in [-0.2, 0) is 0 Å². The number of nitrogens with one attached hydrogen (secondary N) is 1. The summed E-state index contributed by atoms with van der Waals surface area (Å²) in [4.78, 5) is 0. The van der Waals surface area contributed by atoms with Gasteiger partial charge in [0.25, 0.3) is 0 Å². The Morgan fingerprint density at radius 3 is 2.42 bits per heavy atom. The average Bonchev–Trinajstić information content (AvgIpc) is 2.39. The quantitative estimate of drug-likeness (QED) is 0.609. The summed E-state index contributed by atoms with van der Waals surface area (Å²) in [6.45, 7) is 4.23. The van der Waals surface area contributed by atoms with E-state index in [9.17, 15) is 4.39 Å². The molecule has 19 heavy (non-hydrogen) atoms. The van der Waals surface area contributed by atoms with Crippen LogP contribution in [0.15, 0.2) is 18.2 Å². The van der Waals surface area contributed by atoms with E-state index in [1.165, 1.54) is 44.1 Å². The first-order valence-corrected chi connectivity index (χ1v) is 7.62. The fourth-order valence-electron chi connectivity index (χ4n) is 2.61. The molecule has 1 rings (SSSR count). The largest absolute Gasteiger partial charge is 0.313 e. The molecule has 0 saturated carbocycles. The van der Waals surface area contributed by atoms with Gasteiger partial charge in [-0.2, -0.15) is 0 Å². The summed E-state index contributed by atoms with van der Waals surface area (Å²) in [6, 6.07) is 5.46. The van der Waals surface area contributed by atoms with Gasteiger partial charge in [0.05, 0.1) is 0 Å². The number of aryl methyl sites for hydroxylation is 1. The van der Waals surface area contributed by atoms with Crippen molar-refractivity contribution in [3.63, 3.8) is 0 Å². The van der Waals surface area contributed by atoms with Crippen LogP contribution in [0.1, 0.15) is 69.0 Å². The Balaban J connectivity index is 2.40. The van der Waals surface area contributed by atoms with Crippen molar-refractivity contribution in [2.24, 2.45) is 0 Å². The second-order valence-corrected chi connectivity index (χ2v) is 5.40. The van der Waals surface area contributed by atoms with Crippen molar-refractivity contribution >= 4 is 0 Å². The first-order valence-electron chi connectivity index (χ1n) is 7.62. The van der Waals surface area contributed by atoms with Gasteiger partial charge in [-0.05, 0) is 43.7 Å². The molecule has 0 fully saturated rings. The summed E-state index contributed by atoms with van der Waals surface area (Å²) in [7, 11) is 1.99. The van der Waals surface area contributed by atoms with Crippen molar-refractivity contribution in [1.82, 2.24) is 5.32 Å². The van der Waals surface area contributed by atoms with Crippen molar-refractivity contribution in [2.45, 2.75) is 64.8 Å². The van der Waals surface area contributed by atoms with Gasteiger partial charge in [0.1, 0.15) is 5.82 Å². The zero-order chi connectivity index (χ0) is 14.1. The van der Waals surface area contributed by atoms with Crippen molar-refractivity contribution in [2.75, 3.05) is 7.05 Å². The van der Waals surface area contributed by atoms with Crippen LogP contribution in [0.4, 0.5) is 4.39 Å². The Bertz CT molecular complexity index is 362. The molecule has 0 aliphatic carbocycles. The highest BCUT2D eigenvalue weighted by Gasteiger charge is 2.11. The topological polar surface area (TPSA) is 12.0 Å². The number of halogens is 1. The molecule has 0 aliphatic heterocycles. The molecule has 0 aromatic heterocycles. The predicted molar refractivity (Wildman–Crippen MR) is 80.9 cm³/mol. The maximum atomic E-state index is 13.1. The summed E-state index contributed by atoms with van der Waals surface area (Å²) < 4.78 is 13.1. The summed E-state index contributed by atoms with van der Waals surface area (Å²) in [5, 5.41) is 3.36. The lowest BCUT2D eigenvalue weighted by Gasteiger charge is -2.19. The standard InChI is InChI=1S/C17H28FN/c1-4-5-6-7-8-9-10-17(19-3)16-12-11-15(18)13-14(16)2/h11-13,17,19H,4-10H2,1-3H3. The van der Waals surface area contributed by atoms with Crippen LogP contribution in [0.25, 0.3) is 0 Å². The van der Waals surface area contributed by atoms with Gasteiger partial charge in [-0.15, -0.1) is 0 Å². The molecule has 0 radical (unpaired) electrons. The maximum absolute atomic E-state index is 13.1. The van der Waals surface area contributed by atoms with Crippen molar-refractivity contribution in [3.8, 4) is 0 Å². The Labute approximate surface area is 117 Å². The highest BCUT2D eigenvalue weighted by atomic mass is 19.1. The normalized spacial score (nSPS) is 12.6. The highest BCUT2D eigenvalue weighted by molar-refractivity contribution is 5.29. The number of benzene rings is 1. The van der Waals surface area contributed by atoms with Crippen molar-refractivity contribution in [1.29, 1.82) is 0 Å². The molecule has 0 heterocycles. The van der Waals surface area contributed by atoms with Crippen LogP contribution < -0.4 is 5.32 Å². The molecule has 0 saturated heterocycles. The van der Waals surface area contributed by atoms with Gasteiger partial charge in [0.15, 0.2) is 0 Å². The fourth-order valence-corrected chi connectivity index (χ4v) is 2.61. The van der Waals surface area contributed by atoms with Gasteiger partial charge >= 0.3 is 0 Å². The van der Waals surface area contributed by atoms with E-state index in [-0.39, 0.29) is 5.82 Å². The average molecular weight is 265 g/mol. The van der Waals surface area contributed by atoms with Crippen LogP contribution >= 0.6 is 0 Å². The summed E-state index contributed by atoms with van der Waals surface area (Å²) >= 11 is 0. The molecule has 108 valence electrons. The van der Waals surface area contributed by atoms with E-state index in [4.69, 9.17) is 0 Å². The molecule has 1 aromatic rings. The van der Waals surface area contributed by atoms with E-state index in [0.29, 0.717) is 6.04 Å². The van der Waals surface area contributed by atoms with Crippen molar-refractivity contribution < 1.29 is 4.39 Å². The Morgan fingerprint density at radius 2 is 1.79 bits per heavy atom. The lowest BCUT2D eigenvalue weighted by Crippen LogP contribution is -2.17. The van der Waals surface area contributed by atoms with Crippen LogP contribution in [0, 0.1) is 12.7 Å². The lowest BCUT2D eigenvalue weighted by molar-refractivity contribution is 0.495. The van der Waals surface area contributed by atoms with Crippen LogP contribution in [0.5, 0.6) is 0 Å². The SMILES string of the molecule is CCCCCCCCC(NC)c1ccc(F)cc1C. The van der Waals surface area contributed by atoms with Gasteiger partial charge in [-0.3, -0.25) is 0 Å². The van der Waals surface area contributed by atoms with Gasteiger partial charge in [0.2, 0.25) is 0 Å². The van der Waals surface area contributed by atoms with Crippen LogP contribution in [0.2, 0.25) is 0 Å². The van der Waals surface area contributed by atoms with E-state index < -0.39 is 0 Å². The molecule has 0 spiro atoms. The van der Waals surface area contributed by atoms with Gasteiger partial charge in [-0.1, -0.05) is 51.5 Å². The third-order valence-corrected chi connectivity index (χ3v) is 3.80. The van der Waals surface area contributed by atoms with E-state index in [0.717, 1.165) is 12.0 Å². The minimum atomic E-state index is -0.143. The first kappa shape index (κ1) is 16.2. The second kappa shape index (κ2) is 9.08. The van der Waals surface area contributed by atoms with E-state index in [1.807, 2.05) is 20.0 Å². The monoisotopic (exact) mass is 265 g/mol. The first-order chi connectivity index (χ1) is 9.19. The number of hydrogen-bond acceptors (Lipinski definition) is 1. The molecule has 1 unspecified atom stereocenters. The highest BCUT2D eigenvalue weighted by Crippen LogP contribution is 2.23. The minimum absolute atomic E-state index is 0.143. The molecule has 0 bridgehead atoms. The molecular weight excluding hydrogens is 237 g/mol. The Morgan fingerprint density at radius 1 is 1.11 bits per heavy atom. The molecule has 0 amide bonds. The molecular formula is C17H28FN. The molecule has 0 aliphatic rings. The smallest absolute Gasteiger partial charge is 0.123 e. The van der Waals surface area contributed by atoms with E-state index >= 15 is 0 Å². The second-order valence-electron chi connectivity index (χ2n) is 5.40. The minimum Gasteiger partial charge on any atom is -0.313 e. The summed E-state index contributed by atoms with van der Waals surface area (Å²) in [5.74, 6) is -0.143. The molecule has 1 nitrogen and oxygen atoms in total. The zero-order valence-electron chi connectivity index (χ0n) is 12.6. The Hall–Kier alpha value is -0.890. The third-order valence-electron chi connectivity index (χ3n) is 3.80. The fraction of sp³-hybridized carbons (Fsp3) is 0.647. The zero-order valence-corrected chi connectivity index (χ0v) is 12.6. The van der Waals surface area contributed by atoms with Gasteiger partial charge in [0, 0.05) is 6.04 Å². The number of unbranched alkanes of at least 4 members (excludes halogenated alkanes) is 5. The molecule has 1 atom stereocenters. The summed E-state index contributed by atoms with van der Waals surface area (Å²) in [5.41, 5.74) is 2.28. The van der Waals surface area contributed by atoms with Gasteiger partial charge in [-0.25, -0.2) is 4.39 Å². The molecule has 2 heteroatoms. The number of hydrogen-bond donors (Lipinski definition) is 1.